The molecule has 0 aliphatic rings. The minimum Gasteiger partial charge on any atom is -0.478 e. The number of hydrogen-bond donors (Lipinski definition) is 1. The Bertz CT molecular complexity index is 310. The summed E-state index contributed by atoms with van der Waals surface area (Å²) in [7, 11) is 0. The first-order valence-electron chi connectivity index (χ1n) is 3.02. The van der Waals surface area contributed by atoms with Crippen LogP contribution in [0.25, 0.3) is 0 Å². The molecule has 0 fully saturated rings. The van der Waals surface area contributed by atoms with Crippen LogP contribution >= 0.6 is 0 Å². The molecular weight excluding hydrogens is 162 g/mol. The first-order chi connectivity index (χ1) is 5.74. The van der Waals surface area contributed by atoms with Crippen LogP contribution < -0.4 is 4.74 Å². The highest BCUT2D eigenvalue weighted by molar-refractivity contribution is 5.87. The van der Waals surface area contributed by atoms with Crippen molar-refractivity contribution in [2.24, 2.45) is 0 Å². The lowest BCUT2D eigenvalue weighted by Gasteiger charge is -1.96. The van der Waals surface area contributed by atoms with E-state index in [-0.39, 0.29) is 17.8 Å². The zero-order valence-electron chi connectivity index (χ0n) is 5.93. The Kier molecular flexibility index (Phi) is 2.37. The predicted molar refractivity (Wildman–Crippen MR) is 37.9 cm³/mol. The van der Waals surface area contributed by atoms with E-state index in [4.69, 9.17) is 5.11 Å². The highest BCUT2D eigenvalue weighted by atomic mass is 16.5. The topological polar surface area (TPSA) is 76.5 Å². The van der Waals surface area contributed by atoms with Crippen molar-refractivity contribution in [1.29, 1.82) is 0 Å². The fourth-order valence-electron chi connectivity index (χ4n) is 0.656. The van der Waals surface area contributed by atoms with Crippen molar-refractivity contribution in [3.05, 3.63) is 24.0 Å². The molecule has 1 N–H and O–H groups in total. The smallest absolute Gasteiger partial charge is 0.337 e. The van der Waals surface area contributed by atoms with Crippen molar-refractivity contribution in [2.75, 3.05) is 0 Å². The molecule has 12 heavy (non-hydrogen) atoms. The molecule has 0 bridgehead atoms. The minimum absolute atomic E-state index is 0.0191. The van der Waals surface area contributed by atoms with Gasteiger partial charge >= 0.3 is 5.97 Å². The first-order valence-corrected chi connectivity index (χ1v) is 3.02. The van der Waals surface area contributed by atoms with Crippen LogP contribution in [0.4, 0.5) is 0 Å². The second-order valence-electron chi connectivity index (χ2n) is 1.93. The molecule has 0 spiro atoms. The Morgan fingerprint density at radius 3 is 2.92 bits per heavy atom. The number of rotatable bonds is 3. The SMILES string of the molecule is O=COc1cncc(C(=O)O)c1. The predicted octanol–water partition coefficient (Wildman–Crippen LogP) is 0.315. The van der Waals surface area contributed by atoms with Crippen LogP contribution in [0.1, 0.15) is 10.4 Å². The maximum Gasteiger partial charge on any atom is 0.337 e. The van der Waals surface area contributed by atoms with Gasteiger partial charge in [0.15, 0.2) is 0 Å². The van der Waals surface area contributed by atoms with Crippen LogP contribution in [0.15, 0.2) is 18.5 Å². The van der Waals surface area contributed by atoms with E-state index in [0.29, 0.717) is 0 Å². The van der Waals surface area contributed by atoms with Crippen molar-refractivity contribution < 1.29 is 19.4 Å². The lowest BCUT2D eigenvalue weighted by Crippen LogP contribution is -1.98. The van der Waals surface area contributed by atoms with Crippen molar-refractivity contribution >= 4 is 12.4 Å². The molecule has 0 amide bonds. The third-order valence-electron chi connectivity index (χ3n) is 1.14. The average Bonchev–Trinajstić information content (AvgIpc) is 2.05. The normalized spacial score (nSPS) is 9.00. The molecule has 0 unspecified atom stereocenters. The van der Waals surface area contributed by atoms with Gasteiger partial charge in [-0.2, -0.15) is 0 Å². The van der Waals surface area contributed by atoms with E-state index in [1.807, 2.05) is 0 Å². The molecule has 1 aromatic rings. The van der Waals surface area contributed by atoms with Gasteiger partial charge in [-0.1, -0.05) is 0 Å². The summed E-state index contributed by atoms with van der Waals surface area (Å²) in [6, 6.07) is 1.21. The van der Waals surface area contributed by atoms with E-state index < -0.39 is 5.97 Å². The molecule has 1 heterocycles. The first kappa shape index (κ1) is 8.19. The number of nitrogens with zero attached hydrogens (tertiary/aromatic N) is 1. The van der Waals surface area contributed by atoms with Gasteiger partial charge in [-0.15, -0.1) is 0 Å². The summed E-state index contributed by atoms with van der Waals surface area (Å²) in [6.07, 6.45) is 2.42. The molecule has 0 saturated heterocycles. The lowest BCUT2D eigenvalue weighted by molar-refractivity contribution is -0.120. The number of hydrogen-bond acceptors (Lipinski definition) is 4. The molecule has 1 rings (SSSR count). The number of ether oxygens (including phenoxy) is 1. The maximum absolute atomic E-state index is 10.4. The number of carbonyl (C=O) groups is 2. The number of carbonyl (C=O) groups excluding carboxylic acids is 1. The number of carboxylic acids is 1. The Balaban J connectivity index is 2.95. The van der Waals surface area contributed by atoms with Crippen molar-refractivity contribution in [3.8, 4) is 5.75 Å². The fourth-order valence-corrected chi connectivity index (χ4v) is 0.656. The largest absolute Gasteiger partial charge is 0.478 e. The van der Waals surface area contributed by atoms with Crippen molar-refractivity contribution in [1.82, 2.24) is 4.98 Å². The number of aromatic carboxylic acids is 1. The number of carboxylic acid groups (broad SMARTS) is 1. The van der Waals surface area contributed by atoms with E-state index >= 15 is 0 Å². The molecule has 0 aliphatic heterocycles. The monoisotopic (exact) mass is 167 g/mol. The van der Waals surface area contributed by atoms with Gasteiger partial charge in [0.25, 0.3) is 6.47 Å². The Hall–Kier alpha value is -1.91. The van der Waals surface area contributed by atoms with Crippen LogP contribution in [0.2, 0.25) is 0 Å². The van der Waals surface area contributed by atoms with Gasteiger partial charge in [0, 0.05) is 6.20 Å². The summed E-state index contributed by atoms with van der Waals surface area (Å²) in [5.41, 5.74) is -0.0191. The summed E-state index contributed by atoms with van der Waals surface area (Å²) >= 11 is 0. The fraction of sp³-hybridized carbons (Fsp3) is 0. The second kappa shape index (κ2) is 3.47. The zero-order valence-corrected chi connectivity index (χ0v) is 5.93. The summed E-state index contributed by atoms with van der Waals surface area (Å²) < 4.78 is 4.39. The van der Waals surface area contributed by atoms with Crippen LogP contribution in [0.3, 0.4) is 0 Å². The number of aromatic nitrogens is 1. The second-order valence-corrected chi connectivity index (χ2v) is 1.93. The Morgan fingerprint density at radius 1 is 1.58 bits per heavy atom. The zero-order chi connectivity index (χ0) is 8.97. The molecule has 1 aromatic heterocycles. The highest BCUT2D eigenvalue weighted by Crippen LogP contribution is 2.09. The summed E-state index contributed by atoms with van der Waals surface area (Å²) in [5, 5.41) is 8.49. The molecule has 0 atom stereocenters. The summed E-state index contributed by atoms with van der Waals surface area (Å²) in [5.74, 6) is -0.997. The van der Waals surface area contributed by atoms with Gasteiger partial charge in [0.05, 0.1) is 11.8 Å². The van der Waals surface area contributed by atoms with E-state index in [2.05, 4.69) is 9.72 Å². The van der Waals surface area contributed by atoms with Crippen molar-refractivity contribution in [2.45, 2.75) is 0 Å². The molecule has 0 aliphatic carbocycles. The standard InChI is InChI=1S/C7H5NO4/c9-4-12-6-1-5(7(10)11)2-8-3-6/h1-4H,(H,10,11). The van der Waals surface area contributed by atoms with Gasteiger partial charge < -0.3 is 9.84 Å². The van der Waals surface area contributed by atoms with E-state index in [1.165, 1.54) is 18.5 Å². The van der Waals surface area contributed by atoms with Gasteiger partial charge in [0.2, 0.25) is 0 Å². The molecule has 0 aromatic carbocycles. The van der Waals surface area contributed by atoms with Gasteiger partial charge in [-0.05, 0) is 6.07 Å². The molecule has 62 valence electrons. The van der Waals surface area contributed by atoms with E-state index in [1.54, 1.807) is 0 Å². The highest BCUT2D eigenvalue weighted by Gasteiger charge is 2.03. The van der Waals surface area contributed by atoms with E-state index in [9.17, 15) is 9.59 Å². The van der Waals surface area contributed by atoms with Crippen LogP contribution in [-0.2, 0) is 4.79 Å². The average molecular weight is 167 g/mol. The molecular formula is C7H5NO4. The summed E-state index contributed by atoms with van der Waals surface area (Å²) in [4.78, 5) is 23.8. The third kappa shape index (κ3) is 1.79. The molecule has 0 saturated carbocycles. The van der Waals surface area contributed by atoms with Gasteiger partial charge in [0.1, 0.15) is 5.75 Å². The summed E-state index contributed by atoms with van der Waals surface area (Å²) in [6.45, 7) is 0.211. The van der Waals surface area contributed by atoms with Crippen molar-refractivity contribution in [3.63, 3.8) is 0 Å². The van der Waals surface area contributed by atoms with Crippen LogP contribution in [0.5, 0.6) is 5.75 Å². The van der Waals surface area contributed by atoms with Gasteiger partial charge in [-0.25, -0.2) is 4.79 Å². The lowest BCUT2D eigenvalue weighted by atomic mass is 10.3. The third-order valence-corrected chi connectivity index (χ3v) is 1.14. The quantitative estimate of drug-likeness (QED) is 0.656. The van der Waals surface area contributed by atoms with E-state index in [0.717, 1.165) is 0 Å². The Labute approximate surface area is 67.6 Å². The van der Waals surface area contributed by atoms with Crippen LogP contribution in [0, 0.1) is 0 Å². The molecule has 0 radical (unpaired) electrons. The van der Waals surface area contributed by atoms with Gasteiger partial charge in [-0.3, -0.25) is 9.78 Å². The molecule has 5 heteroatoms. The number of pyridine rings is 1. The Morgan fingerprint density at radius 2 is 2.33 bits per heavy atom. The maximum atomic E-state index is 10.4. The minimum atomic E-state index is -1.11. The van der Waals surface area contributed by atoms with Crippen LogP contribution in [-0.4, -0.2) is 22.5 Å². The molecule has 5 nitrogen and oxygen atoms in total.